The molecule has 43 heavy (non-hydrogen) atoms. The van der Waals surface area contributed by atoms with Gasteiger partial charge in [0.15, 0.2) is 13.9 Å². The zero-order chi connectivity index (χ0) is 31.2. The van der Waals surface area contributed by atoms with Gasteiger partial charge in [-0.25, -0.2) is 4.79 Å². The number of benzene rings is 2. The highest BCUT2D eigenvalue weighted by molar-refractivity contribution is 6.99. The number of ether oxygens (including phenoxy) is 2. The van der Waals surface area contributed by atoms with Gasteiger partial charge in [0.05, 0.1) is 0 Å². The molecule has 7 heteroatoms. The van der Waals surface area contributed by atoms with Crippen LogP contribution < -0.4 is 10.4 Å². The summed E-state index contributed by atoms with van der Waals surface area (Å²) >= 11 is 0. The summed E-state index contributed by atoms with van der Waals surface area (Å²) in [5.41, 5.74) is 0.394. The average molecular weight is 623 g/mol. The number of allylic oxidation sites excluding steroid dienone is 1. The topological polar surface area (TPSA) is 54.0 Å². The fraction of sp³-hybridized carbons (Fsp3) is 0.583. The Balaban J connectivity index is 1.59. The maximum absolute atomic E-state index is 12.1. The number of rotatable bonds is 15. The first-order valence-corrected chi connectivity index (χ1v) is 20.9. The molecule has 0 bridgehead atoms. The van der Waals surface area contributed by atoms with Crippen molar-refractivity contribution in [2.75, 3.05) is 19.8 Å². The van der Waals surface area contributed by atoms with Gasteiger partial charge in [-0.1, -0.05) is 108 Å². The van der Waals surface area contributed by atoms with E-state index in [-0.39, 0.29) is 17.1 Å². The van der Waals surface area contributed by atoms with Gasteiger partial charge in [-0.15, -0.1) is 0 Å². The summed E-state index contributed by atoms with van der Waals surface area (Å²) in [4.78, 5) is 12.1. The number of carbonyl (C=O) groups excluding carboxylic acids is 1. The molecule has 1 aliphatic carbocycles. The normalized spacial score (nSPS) is 22.8. The van der Waals surface area contributed by atoms with Crippen LogP contribution in [0.1, 0.15) is 80.6 Å². The third-order valence-electron chi connectivity index (χ3n) is 10.3. The van der Waals surface area contributed by atoms with Gasteiger partial charge in [0.25, 0.3) is 8.32 Å². The molecule has 0 N–H and O–H groups in total. The van der Waals surface area contributed by atoms with Crippen LogP contribution in [0.4, 0.5) is 4.79 Å². The van der Waals surface area contributed by atoms with E-state index in [1.165, 1.54) is 15.9 Å². The Kier molecular flexibility index (Phi) is 10.8. The van der Waals surface area contributed by atoms with E-state index in [0.717, 1.165) is 56.8 Å². The minimum Gasteiger partial charge on any atom is -0.430 e. The Morgan fingerprint density at radius 3 is 1.91 bits per heavy atom. The zero-order valence-electron chi connectivity index (χ0n) is 27.7. The zero-order valence-corrected chi connectivity index (χ0v) is 29.7. The minimum atomic E-state index is -2.61. The second-order valence-electron chi connectivity index (χ2n) is 13.8. The second-order valence-corrected chi connectivity index (χ2v) is 22.8. The van der Waals surface area contributed by atoms with Gasteiger partial charge in [-0.3, -0.25) is 0 Å². The van der Waals surface area contributed by atoms with Gasteiger partial charge in [0, 0.05) is 13.2 Å². The Morgan fingerprint density at radius 2 is 1.42 bits per heavy atom. The Bertz CT molecular complexity index is 1170. The molecule has 1 unspecified atom stereocenters. The van der Waals surface area contributed by atoms with Gasteiger partial charge >= 0.3 is 6.16 Å². The van der Waals surface area contributed by atoms with Crippen LogP contribution in [0.2, 0.25) is 23.2 Å². The Morgan fingerprint density at radius 1 is 0.837 bits per heavy atom. The smallest absolute Gasteiger partial charge is 0.430 e. The quantitative estimate of drug-likeness (QED) is 0.0864. The lowest BCUT2D eigenvalue weighted by Gasteiger charge is -2.43. The van der Waals surface area contributed by atoms with Crippen molar-refractivity contribution in [1.82, 2.24) is 0 Å². The number of hydrogen-bond acceptors (Lipinski definition) is 5. The summed E-state index contributed by atoms with van der Waals surface area (Å²) in [5.74, 6) is 0. The minimum absolute atomic E-state index is 0.0586. The monoisotopic (exact) mass is 622 g/mol. The summed E-state index contributed by atoms with van der Waals surface area (Å²) in [7, 11) is -4.32. The predicted octanol–water partition coefficient (Wildman–Crippen LogP) is 8.39. The molecule has 2 aromatic carbocycles. The summed E-state index contributed by atoms with van der Waals surface area (Å²) in [6, 6.07) is 25.2. The molecule has 0 saturated carbocycles. The Labute approximate surface area is 262 Å². The van der Waals surface area contributed by atoms with Gasteiger partial charge < -0.3 is 18.3 Å². The molecule has 0 aromatic heterocycles. The van der Waals surface area contributed by atoms with Crippen LogP contribution in [0, 0.1) is 5.41 Å². The lowest BCUT2D eigenvalue weighted by Crippen LogP contribution is -2.66. The average Bonchev–Trinajstić information content (AvgIpc) is 3.59. The number of cyclic esters (lactones) is 2. The summed E-state index contributed by atoms with van der Waals surface area (Å²) in [5, 5.41) is 2.55. The standard InChI is InChI=1S/C36H54O5Si2/c1-8-42(9-2,10-3)39-28-26-36(24-17-23-32(36)35(7)29-38-33(37)41-35)25-18-27-40-43(34(4,5)6,30-19-13-11-14-20-30)31-21-15-12-16-22-31/h11-16,19-23H,8-10,17-18,24-29H2,1-7H3/t35-,36?/m0/s1. The number of hydrogen-bond donors (Lipinski definition) is 0. The molecule has 0 radical (unpaired) electrons. The third kappa shape index (κ3) is 6.90. The lowest BCUT2D eigenvalue weighted by molar-refractivity contribution is 0.0697. The van der Waals surface area contributed by atoms with Gasteiger partial charge in [0.2, 0.25) is 0 Å². The molecular formula is C36H54O5Si2. The van der Waals surface area contributed by atoms with Crippen LogP contribution in [0.15, 0.2) is 72.3 Å². The van der Waals surface area contributed by atoms with Crippen molar-refractivity contribution in [1.29, 1.82) is 0 Å². The Hall–Kier alpha value is -2.20. The van der Waals surface area contributed by atoms with E-state index in [4.69, 9.17) is 18.3 Å². The largest absolute Gasteiger partial charge is 0.509 e. The van der Waals surface area contributed by atoms with E-state index in [1.54, 1.807) is 0 Å². The highest BCUT2D eigenvalue weighted by atomic mass is 28.4. The highest BCUT2D eigenvalue weighted by Crippen LogP contribution is 2.52. The van der Waals surface area contributed by atoms with Crippen molar-refractivity contribution in [3.05, 3.63) is 72.3 Å². The molecule has 236 valence electrons. The van der Waals surface area contributed by atoms with E-state index in [2.05, 4.69) is 108 Å². The summed E-state index contributed by atoms with van der Waals surface area (Å²) in [6.07, 6.45) is 6.59. The second kappa shape index (κ2) is 13.8. The van der Waals surface area contributed by atoms with Crippen LogP contribution in [0.5, 0.6) is 0 Å². The molecule has 1 aliphatic heterocycles. The highest BCUT2D eigenvalue weighted by Gasteiger charge is 2.52. The molecular weight excluding hydrogens is 569 g/mol. The maximum atomic E-state index is 12.1. The number of carbonyl (C=O) groups is 1. The van der Waals surface area contributed by atoms with Crippen molar-refractivity contribution in [3.8, 4) is 0 Å². The molecule has 1 saturated heterocycles. The van der Waals surface area contributed by atoms with Crippen molar-refractivity contribution in [3.63, 3.8) is 0 Å². The fourth-order valence-electron chi connectivity index (χ4n) is 7.75. The molecule has 0 spiro atoms. The third-order valence-corrected chi connectivity index (χ3v) is 20.1. The summed E-state index contributed by atoms with van der Waals surface area (Å²) in [6.45, 7) is 17.6. The van der Waals surface area contributed by atoms with Crippen molar-refractivity contribution < 1.29 is 23.1 Å². The molecule has 2 aromatic rings. The molecule has 2 aliphatic rings. The van der Waals surface area contributed by atoms with Crippen LogP contribution in [-0.4, -0.2) is 48.2 Å². The van der Waals surface area contributed by atoms with Crippen LogP contribution in [0.25, 0.3) is 0 Å². The van der Waals surface area contributed by atoms with E-state index in [0.29, 0.717) is 6.61 Å². The van der Waals surface area contributed by atoms with E-state index in [9.17, 15) is 4.79 Å². The van der Waals surface area contributed by atoms with Gasteiger partial charge in [-0.2, -0.15) is 0 Å². The molecule has 2 atom stereocenters. The molecule has 0 amide bonds. The maximum Gasteiger partial charge on any atom is 0.509 e. The predicted molar refractivity (Wildman–Crippen MR) is 181 cm³/mol. The molecule has 1 fully saturated rings. The van der Waals surface area contributed by atoms with E-state index in [1.807, 2.05) is 6.92 Å². The van der Waals surface area contributed by atoms with Gasteiger partial charge in [0.1, 0.15) is 6.61 Å². The first-order chi connectivity index (χ1) is 20.5. The van der Waals surface area contributed by atoms with Crippen molar-refractivity contribution in [2.45, 2.75) is 109 Å². The SMILES string of the molecule is CC[Si](CC)(CC)OCCC1(CCCO[Si](c2ccccc2)(c2ccccc2)C(C)(C)C)CCC=C1[C@]1(C)COC(=O)O1. The summed E-state index contributed by atoms with van der Waals surface area (Å²) < 4.78 is 25.2. The van der Waals surface area contributed by atoms with E-state index < -0.39 is 28.4 Å². The van der Waals surface area contributed by atoms with Gasteiger partial charge in [-0.05, 0) is 83.6 Å². The lowest BCUT2D eigenvalue weighted by atomic mass is 9.69. The van der Waals surface area contributed by atoms with Crippen LogP contribution in [0.3, 0.4) is 0 Å². The first kappa shape index (κ1) is 33.7. The van der Waals surface area contributed by atoms with E-state index >= 15 is 0 Å². The molecule has 5 nitrogen and oxygen atoms in total. The van der Waals surface area contributed by atoms with Crippen LogP contribution in [-0.2, 0) is 18.3 Å². The fourth-order valence-corrected chi connectivity index (χ4v) is 15.0. The van der Waals surface area contributed by atoms with Crippen LogP contribution >= 0.6 is 0 Å². The molecule has 1 heterocycles. The van der Waals surface area contributed by atoms with Crippen molar-refractivity contribution in [2.24, 2.45) is 5.41 Å². The van der Waals surface area contributed by atoms with Crippen molar-refractivity contribution >= 4 is 33.2 Å². The molecule has 4 rings (SSSR count). The first-order valence-electron chi connectivity index (χ1n) is 16.5.